The molecular formula is C19H16N4O. The third kappa shape index (κ3) is 2.92. The Labute approximate surface area is 139 Å². The van der Waals surface area contributed by atoms with Gasteiger partial charge in [0.1, 0.15) is 12.4 Å². The second-order valence-electron chi connectivity index (χ2n) is 5.51. The highest BCUT2D eigenvalue weighted by atomic mass is 16.5. The third-order valence-electron chi connectivity index (χ3n) is 3.71. The lowest BCUT2D eigenvalue weighted by Crippen LogP contribution is -1.94. The molecule has 2 N–H and O–H groups in total. The van der Waals surface area contributed by atoms with Crippen molar-refractivity contribution in [3.8, 4) is 16.9 Å². The SMILES string of the molecule is Nc1cccc(-c2cnc3nc(COc4ccccc4)cn3c2)c1. The maximum atomic E-state index is 5.85. The highest BCUT2D eigenvalue weighted by molar-refractivity contribution is 5.66. The lowest BCUT2D eigenvalue weighted by atomic mass is 10.1. The molecule has 5 nitrogen and oxygen atoms in total. The van der Waals surface area contributed by atoms with Gasteiger partial charge in [-0.25, -0.2) is 9.97 Å². The first-order valence-corrected chi connectivity index (χ1v) is 7.65. The normalized spacial score (nSPS) is 10.8. The average Bonchev–Trinajstić information content (AvgIpc) is 3.03. The monoisotopic (exact) mass is 316 g/mol. The number of nitrogen functional groups attached to an aromatic ring is 1. The Kier molecular flexibility index (Phi) is 3.59. The molecule has 2 aromatic heterocycles. The number of nitrogens with two attached hydrogens (primary N) is 1. The van der Waals surface area contributed by atoms with Gasteiger partial charge in [0.15, 0.2) is 0 Å². The highest BCUT2D eigenvalue weighted by Crippen LogP contribution is 2.21. The molecule has 118 valence electrons. The number of ether oxygens (including phenoxy) is 1. The lowest BCUT2D eigenvalue weighted by molar-refractivity contribution is 0.302. The van der Waals surface area contributed by atoms with Gasteiger partial charge in [0.25, 0.3) is 0 Å². The van der Waals surface area contributed by atoms with Gasteiger partial charge < -0.3 is 10.5 Å². The van der Waals surface area contributed by atoms with E-state index in [1.54, 1.807) is 6.20 Å². The van der Waals surface area contributed by atoms with Gasteiger partial charge in [-0.15, -0.1) is 0 Å². The number of para-hydroxylation sites is 1. The van der Waals surface area contributed by atoms with Gasteiger partial charge >= 0.3 is 0 Å². The van der Waals surface area contributed by atoms with Gasteiger partial charge in [-0.3, -0.25) is 4.40 Å². The fourth-order valence-electron chi connectivity index (χ4n) is 2.55. The Morgan fingerprint density at radius 2 is 1.83 bits per heavy atom. The van der Waals surface area contributed by atoms with E-state index in [-0.39, 0.29) is 0 Å². The Morgan fingerprint density at radius 3 is 2.67 bits per heavy atom. The topological polar surface area (TPSA) is 65.4 Å². The largest absolute Gasteiger partial charge is 0.487 e. The number of benzene rings is 2. The van der Waals surface area contributed by atoms with Crippen molar-refractivity contribution >= 4 is 11.5 Å². The molecule has 0 unspecified atom stereocenters. The lowest BCUT2D eigenvalue weighted by Gasteiger charge is -2.03. The quantitative estimate of drug-likeness (QED) is 0.585. The summed E-state index contributed by atoms with van der Waals surface area (Å²) in [6.45, 7) is 0.404. The van der Waals surface area contributed by atoms with Crippen LogP contribution in [0.2, 0.25) is 0 Å². The molecule has 0 spiro atoms. The zero-order valence-corrected chi connectivity index (χ0v) is 13.0. The van der Waals surface area contributed by atoms with Crippen molar-refractivity contribution in [1.82, 2.24) is 14.4 Å². The van der Waals surface area contributed by atoms with Crippen LogP contribution in [0.25, 0.3) is 16.9 Å². The van der Waals surface area contributed by atoms with E-state index in [1.165, 1.54) is 0 Å². The fraction of sp³-hybridized carbons (Fsp3) is 0.0526. The molecule has 4 aromatic rings. The number of aromatic nitrogens is 3. The summed E-state index contributed by atoms with van der Waals surface area (Å²) >= 11 is 0. The van der Waals surface area contributed by atoms with E-state index >= 15 is 0 Å². The molecule has 4 rings (SSSR count). The standard InChI is InChI=1S/C19H16N4O/c20-16-6-4-5-14(9-16)15-10-21-19-22-17(12-23(19)11-15)13-24-18-7-2-1-3-8-18/h1-12H,13,20H2. The Balaban J connectivity index is 1.59. The molecule has 0 bridgehead atoms. The van der Waals surface area contributed by atoms with Crippen LogP contribution in [0.3, 0.4) is 0 Å². The van der Waals surface area contributed by atoms with Crippen molar-refractivity contribution in [2.24, 2.45) is 0 Å². The van der Waals surface area contributed by atoms with Crippen molar-refractivity contribution in [2.45, 2.75) is 6.61 Å². The van der Waals surface area contributed by atoms with Crippen molar-refractivity contribution in [1.29, 1.82) is 0 Å². The minimum atomic E-state index is 0.404. The summed E-state index contributed by atoms with van der Waals surface area (Å²) in [5.74, 6) is 1.47. The van der Waals surface area contributed by atoms with Crippen molar-refractivity contribution in [2.75, 3.05) is 5.73 Å². The van der Waals surface area contributed by atoms with Gasteiger partial charge in [0.2, 0.25) is 5.78 Å². The summed E-state index contributed by atoms with van der Waals surface area (Å²) in [6.07, 6.45) is 5.73. The minimum Gasteiger partial charge on any atom is -0.487 e. The number of nitrogens with zero attached hydrogens (tertiary/aromatic N) is 3. The Hall–Kier alpha value is -3.34. The molecule has 0 atom stereocenters. The zero-order valence-electron chi connectivity index (χ0n) is 13.0. The van der Waals surface area contributed by atoms with Gasteiger partial charge in [-0.2, -0.15) is 0 Å². The molecular weight excluding hydrogens is 300 g/mol. The number of anilines is 1. The predicted octanol–water partition coefficient (Wildman–Crippen LogP) is 3.56. The van der Waals surface area contributed by atoms with Crippen LogP contribution < -0.4 is 10.5 Å². The molecule has 0 radical (unpaired) electrons. The summed E-state index contributed by atoms with van der Waals surface area (Å²) in [5.41, 5.74) is 9.43. The second kappa shape index (κ2) is 6.04. The number of rotatable bonds is 4. The molecule has 24 heavy (non-hydrogen) atoms. The van der Waals surface area contributed by atoms with E-state index < -0.39 is 0 Å². The number of hydrogen-bond donors (Lipinski definition) is 1. The molecule has 0 aliphatic rings. The first kappa shape index (κ1) is 14.3. The van der Waals surface area contributed by atoms with Crippen LogP contribution in [0, 0.1) is 0 Å². The zero-order chi connectivity index (χ0) is 16.4. The Morgan fingerprint density at radius 1 is 0.958 bits per heavy atom. The maximum Gasteiger partial charge on any atom is 0.234 e. The van der Waals surface area contributed by atoms with Crippen LogP contribution >= 0.6 is 0 Å². The van der Waals surface area contributed by atoms with Gasteiger partial charge in [0, 0.05) is 29.8 Å². The summed E-state index contributed by atoms with van der Waals surface area (Å²) < 4.78 is 7.64. The Bertz CT molecular complexity index is 979. The van der Waals surface area contributed by atoms with Gasteiger partial charge in [0.05, 0.1) is 5.69 Å². The van der Waals surface area contributed by atoms with E-state index in [0.717, 1.165) is 28.3 Å². The molecule has 2 aromatic carbocycles. The summed E-state index contributed by atoms with van der Waals surface area (Å²) in [5, 5.41) is 0. The van der Waals surface area contributed by atoms with Gasteiger partial charge in [-0.05, 0) is 29.8 Å². The molecule has 2 heterocycles. The van der Waals surface area contributed by atoms with Crippen LogP contribution in [-0.2, 0) is 6.61 Å². The first-order valence-electron chi connectivity index (χ1n) is 7.65. The molecule has 0 aliphatic heterocycles. The molecule has 0 saturated carbocycles. The average molecular weight is 316 g/mol. The van der Waals surface area contributed by atoms with Crippen molar-refractivity contribution in [3.63, 3.8) is 0 Å². The van der Waals surface area contributed by atoms with Crippen LogP contribution in [0.15, 0.2) is 73.2 Å². The maximum absolute atomic E-state index is 5.85. The number of imidazole rings is 1. The predicted molar refractivity (Wildman–Crippen MR) is 93.6 cm³/mol. The molecule has 0 amide bonds. The van der Waals surface area contributed by atoms with Crippen LogP contribution in [0.1, 0.15) is 5.69 Å². The minimum absolute atomic E-state index is 0.404. The van der Waals surface area contributed by atoms with E-state index in [0.29, 0.717) is 12.4 Å². The summed E-state index contributed by atoms with van der Waals surface area (Å²) in [7, 11) is 0. The summed E-state index contributed by atoms with van der Waals surface area (Å²) in [6, 6.07) is 17.4. The fourth-order valence-corrected chi connectivity index (χ4v) is 2.55. The van der Waals surface area contributed by atoms with Crippen LogP contribution in [0.5, 0.6) is 5.75 Å². The van der Waals surface area contributed by atoms with Crippen molar-refractivity contribution < 1.29 is 4.74 Å². The van der Waals surface area contributed by atoms with E-state index in [9.17, 15) is 0 Å². The van der Waals surface area contributed by atoms with Crippen molar-refractivity contribution in [3.05, 3.63) is 78.9 Å². The third-order valence-corrected chi connectivity index (χ3v) is 3.71. The highest BCUT2D eigenvalue weighted by Gasteiger charge is 2.06. The van der Waals surface area contributed by atoms with E-state index in [1.807, 2.05) is 71.4 Å². The first-order chi connectivity index (χ1) is 11.8. The number of fused-ring (bicyclic) bond motifs is 1. The van der Waals surface area contributed by atoms with Gasteiger partial charge in [-0.1, -0.05) is 30.3 Å². The smallest absolute Gasteiger partial charge is 0.234 e. The van der Waals surface area contributed by atoms with Crippen LogP contribution in [0.4, 0.5) is 5.69 Å². The molecule has 5 heteroatoms. The molecule has 0 aliphatic carbocycles. The summed E-state index contributed by atoms with van der Waals surface area (Å²) in [4.78, 5) is 8.90. The second-order valence-corrected chi connectivity index (χ2v) is 5.51. The molecule has 0 saturated heterocycles. The van der Waals surface area contributed by atoms with E-state index in [2.05, 4.69) is 9.97 Å². The van der Waals surface area contributed by atoms with Crippen LogP contribution in [-0.4, -0.2) is 14.4 Å². The number of hydrogen-bond acceptors (Lipinski definition) is 4. The van der Waals surface area contributed by atoms with E-state index in [4.69, 9.17) is 10.5 Å². The molecule has 0 fully saturated rings.